The van der Waals surface area contributed by atoms with Crippen LogP contribution in [-0.2, 0) is 14.3 Å². The van der Waals surface area contributed by atoms with Gasteiger partial charge in [-0.3, -0.25) is 9.59 Å². The molecular weight excluding hydrogens is 995 g/mol. The van der Waals surface area contributed by atoms with E-state index < -0.39 is 12.1 Å². The average molecular weight is 1140 g/mol. The predicted molar refractivity (Wildman–Crippen MR) is 356 cm³/mol. The number of rotatable bonds is 69. The van der Waals surface area contributed by atoms with E-state index in [-0.39, 0.29) is 18.5 Å². The van der Waals surface area contributed by atoms with Crippen LogP contribution >= 0.6 is 0 Å². The minimum absolute atomic E-state index is 0.0107. The van der Waals surface area contributed by atoms with Crippen molar-refractivity contribution in [2.45, 2.75) is 418 Å². The number of nitrogens with one attached hydrogen (secondary N) is 1. The molecule has 0 aromatic rings. The largest absolute Gasteiger partial charge is 0.466 e. The molecule has 2 unspecified atom stereocenters. The van der Waals surface area contributed by atoms with Crippen LogP contribution in [0.5, 0.6) is 0 Å². The number of unbranched alkanes of at least 4 members (excludes halogenated alkanes) is 54. The second-order valence-corrected chi connectivity index (χ2v) is 25.3. The molecule has 3 N–H and O–H groups in total. The van der Waals surface area contributed by atoms with Crippen molar-refractivity contribution in [2.24, 2.45) is 0 Å². The first kappa shape index (κ1) is 79.1. The minimum atomic E-state index is -0.853. The Hall–Kier alpha value is -1.92. The van der Waals surface area contributed by atoms with Gasteiger partial charge in [0.25, 0.3) is 0 Å². The van der Waals surface area contributed by atoms with Gasteiger partial charge in [0.1, 0.15) is 0 Å². The third kappa shape index (κ3) is 67.1. The molecule has 0 saturated carbocycles. The molecule has 0 aliphatic carbocycles. The third-order valence-corrected chi connectivity index (χ3v) is 17.2. The SMILES string of the molecule is CCCCCCCCCCCCCCCCCCCCCCCCC/C=C/C(O)C(CO)NC(=O)CCCCCCCCC/C=C\C/C=C\CCCCCCCCCCCOC(=O)CCCCCCCCCCCCCCCCCC. The van der Waals surface area contributed by atoms with E-state index in [4.69, 9.17) is 4.74 Å². The Kier molecular flexibility index (Phi) is 68.9. The van der Waals surface area contributed by atoms with Crippen molar-refractivity contribution in [2.75, 3.05) is 13.2 Å². The minimum Gasteiger partial charge on any atom is -0.466 e. The zero-order chi connectivity index (χ0) is 58.5. The molecule has 0 rings (SSSR count). The molecule has 0 bridgehead atoms. The summed E-state index contributed by atoms with van der Waals surface area (Å²) in [6, 6.07) is -0.638. The Morgan fingerprint density at radius 1 is 0.346 bits per heavy atom. The van der Waals surface area contributed by atoms with Crippen LogP contribution < -0.4 is 5.32 Å². The van der Waals surface area contributed by atoms with Crippen molar-refractivity contribution >= 4 is 11.9 Å². The van der Waals surface area contributed by atoms with E-state index in [0.717, 1.165) is 57.8 Å². The summed E-state index contributed by atoms with van der Waals surface area (Å²) >= 11 is 0. The number of allylic oxidation sites excluding steroid dienone is 5. The van der Waals surface area contributed by atoms with Crippen molar-refractivity contribution in [3.05, 3.63) is 36.5 Å². The molecule has 478 valence electrons. The molecule has 0 aromatic carbocycles. The van der Waals surface area contributed by atoms with Gasteiger partial charge in [-0.25, -0.2) is 0 Å². The van der Waals surface area contributed by atoms with E-state index in [1.54, 1.807) is 6.08 Å². The van der Waals surface area contributed by atoms with Crippen LogP contribution in [0.25, 0.3) is 0 Å². The lowest BCUT2D eigenvalue weighted by atomic mass is 10.0. The van der Waals surface area contributed by atoms with Gasteiger partial charge in [-0.1, -0.05) is 365 Å². The van der Waals surface area contributed by atoms with Gasteiger partial charge in [0.2, 0.25) is 5.91 Å². The topological polar surface area (TPSA) is 95.9 Å². The fourth-order valence-corrected chi connectivity index (χ4v) is 11.6. The number of aliphatic hydroxyl groups excluding tert-OH is 2. The molecule has 6 heteroatoms. The molecule has 81 heavy (non-hydrogen) atoms. The Labute approximate surface area is 506 Å². The number of hydrogen-bond acceptors (Lipinski definition) is 5. The van der Waals surface area contributed by atoms with Crippen LogP contribution in [0.3, 0.4) is 0 Å². The molecule has 2 atom stereocenters. The summed E-state index contributed by atoms with van der Waals surface area (Å²) in [4.78, 5) is 24.6. The molecule has 6 nitrogen and oxygen atoms in total. The van der Waals surface area contributed by atoms with Gasteiger partial charge in [0, 0.05) is 12.8 Å². The number of aliphatic hydroxyl groups is 2. The van der Waals surface area contributed by atoms with E-state index in [1.807, 2.05) is 6.08 Å². The number of amides is 1. The van der Waals surface area contributed by atoms with Gasteiger partial charge in [0.05, 0.1) is 25.4 Å². The predicted octanol–water partition coefficient (Wildman–Crippen LogP) is 23.9. The van der Waals surface area contributed by atoms with Gasteiger partial charge < -0.3 is 20.3 Å². The van der Waals surface area contributed by atoms with E-state index in [1.165, 1.54) is 321 Å². The van der Waals surface area contributed by atoms with Gasteiger partial charge in [0.15, 0.2) is 0 Å². The Balaban J connectivity index is 3.46. The van der Waals surface area contributed by atoms with Gasteiger partial charge in [-0.2, -0.15) is 0 Å². The van der Waals surface area contributed by atoms with Crippen LogP contribution in [0.2, 0.25) is 0 Å². The maximum Gasteiger partial charge on any atom is 0.305 e. The summed E-state index contributed by atoms with van der Waals surface area (Å²) < 4.78 is 5.50. The summed E-state index contributed by atoms with van der Waals surface area (Å²) in [5, 5.41) is 23.3. The summed E-state index contributed by atoms with van der Waals surface area (Å²) in [6.07, 6.45) is 90.9. The highest BCUT2D eigenvalue weighted by molar-refractivity contribution is 5.76. The summed E-state index contributed by atoms with van der Waals surface area (Å²) in [6.45, 7) is 4.94. The summed E-state index contributed by atoms with van der Waals surface area (Å²) in [7, 11) is 0. The molecule has 0 saturated heterocycles. The second-order valence-electron chi connectivity index (χ2n) is 25.3. The Bertz CT molecular complexity index is 1310. The van der Waals surface area contributed by atoms with Crippen molar-refractivity contribution < 1.29 is 24.5 Å². The molecule has 0 aliphatic heterocycles. The lowest BCUT2D eigenvalue weighted by Crippen LogP contribution is -2.45. The number of carbonyl (C=O) groups excluding carboxylic acids is 2. The van der Waals surface area contributed by atoms with Crippen LogP contribution in [0.4, 0.5) is 0 Å². The highest BCUT2D eigenvalue weighted by atomic mass is 16.5. The van der Waals surface area contributed by atoms with Crippen LogP contribution in [0.1, 0.15) is 406 Å². The number of esters is 1. The molecule has 0 aromatic heterocycles. The Morgan fingerprint density at radius 2 is 0.617 bits per heavy atom. The van der Waals surface area contributed by atoms with Crippen LogP contribution in [0.15, 0.2) is 36.5 Å². The summed E-state index contributed by atoms with van der Waals surface area (Å²) in [5.41, 5.74) is 0. The van der Waals surface area contributed by atoms with E-state index in [2.05, 4.69) is 43.5 Å². The lowest BCUT2D eigenvalue weighted by molar-refractivity contribution is -0.143. The quantitative estimate of drug-likeness (QED) is 0.0320. The van der Waals surface area contributed by atoms with Crippen molar-refractivity contribution in [3.8, 4) is 0 Å². The first-order valence-electron chi connectivity index (χ1n) is 36.8. The zero-order valence-corrected chi connectivity index (χ0v) is 54.8. The van der Waals surface area contributed by atoms with Crippen LogP contribution in [0, 0.1) is 0 Å². The highest BCUT2D eigenvalue weighted by Gasteiger charge is 2.18. The van der Waals surface area contributed by atoms with E-state index in [0.29, 0.717) is 19.4 Å². The van der Waals surface area contributed by atoms with Gasteiger partial charge in [-0.15, -0.1) is 0 Å². The lowest BCUT2D eigenvalue weighted by Gasteiger charge is -2.20. The van der Waals surface area contributed by atoms with Crippen molar-refractivity contribution in [1.29, 1.82) is 0 Å². The maximum absolute atomic E-state index is 12.5. The third-order valence-electron chi connectivity index (χ3n) is 17.2. The fraction of sp³-hybridized carbons (Fsp3) is 0.893. The number of hydrogen-bond donors (Lipinski definition) is 3. The second kappa shape index (κ2) is 70.6. The van der Waals surface area contributed by atoms with E-state index >= 15 is 0 Å². The molecular formula is C75H143NO5. The van der Waals surface area contributed by atoms with Gasteiger partial charge in [-0.05, 0) is 64.2 Å². The zero-order valence-electron chi connectivity index (χ0n) is 54.8. The Morgan fingerprint density at radius 3 is 0.938 bits per heavy atom. The molecule has 0 radical (unpaired) electrons. The number of ether oxygens (including phenoxy) is 1. The normalized spacial score (nSPS) is 12.7. The molecule has 0 heterocycles. The fourth-order valence-electron chi connectivity index (χ4n) is 11.6. The van der Waals surface area contributed by atoms with Crippen molar-refractivity contribution in [3.63, 3.8) is 0 Å². The standard InChI is InChI=1S/C75H143NO5/c1-3-5-7-9-11-13-15-17-19-21-22-23-24-25-27-30-33-36-39-43-47-51-55-59-63-67-73(78)72(71-77)76-74(79)68-64-60-56-52-48-44-40-37-34-31-28-26-29-32-35-38-42-46-50-54-58-62-66-70-81-75(80)69-65-61-57-53-49-45-41-20-18-16-14-12-10-8-6-4-2/h26,29,31,34,63,67,72-73,77-78H,3-25,27-28,30,32-33,35-62,64-66,68-71H2,1-2H3,(H,76,79)/b29-26-,34-31-,67-63+. The molecule has 0 spiro atoms. The summed E-state index contributed by atoms with van der Waals surface area (Å²) in [5.74, 6) is -0.0635. The molecule has 1 amide bonds. The highest BCUT2D eigenvalue weighted by Crippen LogP contribution is 2.19. The number of carbonyl (C=O) groups is 2. The first-order chi connectivity index (χ1) is 40.0. The average Bonchev–Trinajstić information content (AvgIpc) is 3.47. The van der Waals surface area contributed by atoms with E-state index in [9.17, 15) is 19.8 Å². The van der Waals surface area contributed by atoms with Crippen LogP contribution in [-0.4, -0.2) is 47.4 Å². The maximum atomic E-state index is 12.5. The molecule has 0 aliphatic rings. The first-order valence-corrected chi connectivity index (χ1v) is 36.8. The van der Waals surface area contributed by atoms with Gasteiger partial charge >= 0.3 is 5.97 Å². The smallest absolute Gasteiger partial charge is 0.305 e. The van der Waals surface area contributed by atoms with Crippen molar-refractivity contribution in [1.82, 2.24) is 5.32 Å². The molecule has 0 fully saturated rings. The monoisotopic (exact) mass is 1140 g/mol.